The topological polar surface area (TPSA) is 56.9 Å². The van der Waals surface area contributed by atoms with Crippen LogP contribution in [-0.2, 0) is 20.1 Å². The minimum Gasteiger partial charge on any atom is -0.436 e. The maximum atomic E-state index is 5.87. The normalized spacial score (nSPS) is 10.9. The molecule has 0 saturated carbocycles. The Labute approximate surface area is 107 Å². The maximum Gasteiger partial charge on any atom is 0.222 e. The van der Waals surface area contributed by atoms with Crippen LogP contribution in [0, 0.1) is 6.92 Å². The highest BCUT2D eigenvalue weighted by Crippen LogP contribution is 2.26. The van der Waals surface area contributed by atoms with Crippen LogP contribution >= 0.6 is 0 Å². The largest absolute Gasteiger partial charge is 0.436 e. The molecule has 0 saturated heterocycles. The fourth-order valence-corrected chi connectivity index (χ4v) is 1.87. The van der Waals surface area contributed by atoms with Crippen molar-refractivity contribution in [3.63, 3.8) is 0 Å². The van der Waals surface area contributed by atoms with Gasteiger partial charge in [0.2, 0.25) is 5.88 Å². The summed E-state index contributed by atoms with van der Waals surface area (Å²) in [6.45, 7) is 5.58. The van der Waals surface area contributed by atoms with E-state index in [2.05, 4.69) is 15.5 Å². The molecule has 2 aromatic rings. The summed E-state index contributed by atoms with van der Waals surface area (Å²) in [5, 5.41) is 11.7. The van der Waals surface area contributed by atoms with Crippen LogP contribution in [0.3, 0.4) is 0 Å². The van der Waals surface area contributed by atoms with E-state index in [9.17, 15) is 0 Å². The Morgan fingerprint density at radius 2 is 2.22 bits per heavy atom. The lowest BCUT2D eigenvalue weighted by Gasteiger charge is -2.06. The molecular weight excluding hydrogens is 230 g/mol. The molecule has 6 nitrogen and oxygen atoms in total. The molecule has 2 aromatic heterocycles. The fourth-order valence-electron chi connectivity index (χ4n) is 1.87. The van der Waals surface area contributed by atoms with Gasteiger partial charge < -0.3 is 10.1 Å². The maximum absolute atomic E-state index is 5.87. The first kappa shape index (κ1) is 12.6. The van der Waals surface area contributed by atoms with Crippen molar-refractivity contribution in [3.8, 4) is 11.6 Å². The predicted octanol–water partition coefficient (Wildman–Crippen LogP) is 1.46. The molecular formula is C12H19N5O. The van der Waals surface area contributed by atoms with Crippen molar-refractivity contribution in [2.45, 2.75) is 26.9 Å². The molecule has 18 heavy (non-hydrogen) atoms. The van der Waals surface area contributed by atoms with Crippen LogP contribution in [0.15, 0.2) is 12.4 Å². The summed E-state index contributed by atoms with van der Waals surface area (Å²) in [6.07, 6.45) is 3.60. The van der Waals surface area contributed by atoms with Crippen LogP contribution < -0.4 is 10.1 Å². The summed E-state index contributed by atoms with van der Waals surface area (Å²) in [6, 6.07) is 0. The van der Waals surface area contributed by atoms with E-state index >= 15 is 0 Å². The van der Waals surface area contributed by atoms with Crippen molar-refractivity contribution >= 4 is 0 Å². The second kappa shape index (κ2) is 5.22. The second-order valence-electron chi connectivity index (χ2n) is 4.16. The van der Waals surface area contributed by atoms with Crippen molar-refractivity contribution in [1.82, 2.24) is 24.9 Å². The molecule has 0 fully saturated rings. The van der Waals surface area contributed by atoms with Gasteiger partial charge in [-0.15, -0.1) is 0 Å². The quantitative estimate of drug-likeness (QED) is 0.871. The van der Waals surface area contributed by atoms with Gasteiger partial charge in [0.15, 0.2) is 5.75 Å². The van der Waals surface area contributed by atoms with E-state index in [4.69, 9.17) is 4.74 Å². The number of hydrogen-bond donors (Lipinski definition) is 1. The van der Waals surface area contributed by atoms with Crippen molar-refractivity contribution < 1.29 is 4.74 Å². The first-order valence-corrected chi connectivity index (χ1v) is 6.03. The summed E-state index contributed by atoms with van der Waals surface area (Å²) in [5.41, 5.74) is 2.05. The SMILES string of the molecule is CCn1cc(Oc2c(CNC)c(C)nn2C)cn1. The van der Waals surface area contributed by atoms with Crippen molar-refractivity contribution in [2.75, 3.05) is 7.05 Å². The molecule has 2 rings (SSSR count). The van der Waals surface area contributed by atoms with E-state index in [1.165, 1.54) is 0 Å². The molecule has 0 atom stereocenters. The average molecular weight is 249 g/mol. The molecule has 0 spiro atoms. The van der Waals surface area contributed by atoms with Gasteiger partial charge in [0, 0.05) is 20.1 Å². The van der Waals surface area contributed by atoms with Crippen LogP contribution in [0.1, 0.15) is 18.2 Å². The third-order valence-electron chi connectivity index (χ3n) is 2.79. The van der Waals surface area contributed by atoms with E-state index in [1.807, 2.05) is 38.8 Å². The molecule has 0 aliphatic heterocycles. The van der Waals surface area contributed by atoms with Crippen LogP contribution in [0.2, 0.25) is 0 Å². The molecule has 0 aromatic carbocycles. The van der Waals surface area contributed by atoms with E-state index in [-0.39, 0.29) is 0 Å². The Kier molecular flexibility index (Phi) is 3.66. The number of aryl methyl sites for hydroxylation is 3. The minimum atomic E-state index is 0.733. The highest BCUT2D eigenvalue weighted by molar-refractivity contribution is 5.34. The number of ether oxygens (including phenoxy) is 1. The van der Waals surface area contributed by atoms with E-state index < -0.39 is 0 Å². The number of rotatable bonds is 5. The second-order valence-corrected chi connectivity index (χ2v) is 4.16. The van der Waals surface area contributed by atoms with E-state index in [0.29, 0.717) is 0 Å². The van der Waals surface area contributed by atoms with Gasteiger partial charge in [-0.05, 0) is 20.9 Å². The van der Waals surface area contributed by atoms with Crippen LogP contribution in [0.5, 0.6) is 11.6 Å². The lowest BCUT2D eigenvalue weighted by molar-refractivity contribution is 0.424. The zero-order valence-corrected chi connectivity index (χ0v) is 11.3. The standard InChI is InChI=1S/C12H19N5O/c1-5-17-8-10(6-14-17)18-12-11(7-13-3)9(2)15-16(12)4/h6,8,13H,5,7H2,1-4H3. The lowest BCUT2D eigenvalue weighted by atomic mass is 10.2. The molecule has 1 N–H and O–H groups in total. The van der Waals surface area contributed by atoms with Crippen molar-refractivity contribution in [1.29, 1.82) is 0 Å². The van der Waals surface area contributed by atoms with Gasteiger partial charge >= 0.3 is 0 Å². The van der Waals surface area contributed by atoms with Crippen LogP contribution in [-0.4, -0.2) is 26.6 Å². The average Bonchev–Trinajstić information content (AvgIpc) is 2.89. The molecule has 98 valence electrons. The fraction of sp³-hybridized carbons (Fsp3) is 0.500. The summed E-state index contributed by atoms with van der Waals surface area (Å²) < 4.78 is 9.46. The van der Waals surface area contributed by atoms with Crippen LogP contribution in [0.4, 0.5) is 0 Å². The zero-order chi connectivity index (χ0) is 13.1. The highest BCUT2D eigenvalue weighted by Gasteiger charge is 2.15. The predicted molar refractivity (Wildman–Crippen MR) is 68.7 cm³/mol. The molecule has 0 aliphatic carbocycles. The summed E-state index contributed by atoms with van der Waals surface area (Å²) in [5.74, 6) is 1.50. The van der Waals surface area contributed by atoms with Gasteiger partial charge in [-0.2, -0.15) is 10.2 Å². The Balaban J connectivity index is 2.27. The van der Waals surface area contributed by atoms with Crippen molar-refractivity contribution in [3.05, 3.63) is 23.7 Å². The third-order valence-corrected chi connectivity index (χ3v) is 2.79. The monoisotopic (exact) mass is 249 g/mol. The van der Waals surface area contributed by atoms with Gasteiger partial charge in [-0.1, -0.05) is 0 Å². The first-order chi connectivity index (χ1) is 8.65. The third kappa shape index (κ3) is 2.38. The molecule has 2 heterocycles. The summed E-state index contributed by atoms with van der Waals surface area (Å²) in [7, 11) is 3.79. The minimum absolute atomic E-state index is 0.733. The number of nitrogens with zero attached hydrogens (tertiary/aromatic N) is 4. The first-order valence-electron chi connectivity index (χ1n) is 6.03. The zero-order valence-electron chi connectivity index (χ0n) is 11.3. The molecule has 0 bridgehead atoms. The number of hydrogen-bond acceptors (Lipinski definition) is 4. The number of aromatic nitrogens is 4. The Bertz CT molecular complexity index is 529. The van der Waals surface area contributed by atoms with Gasteiger partial charge in [-0.3, -0.25) is 4.68 Å². The molecule has 0 aliphatic rings. The van der Waals surface area contributed by atoms with Gasteiger partial charge in [0.1, 0.15) is 0 Å². The van der Waals surface area contributed by atoms with E-state index in [0.717, 1.165) is 36.0 Å². The number of nitrogens with one attached hydrogen (secondary N) is 1. The van der Waals surface area contributed by atoms with Gasteiger partial charge in [-0.25, -0.2) is 4.68 Å². The van der Waals surface area contributed by atoms with E-state index in [1.54, 1.807) is 10.9 Å². The van der Waals surface area contributed by atoms with Gasteiger partial charge in [0.05, 0.1) is 23.7 Å². The summed E-state index contributed by atoms with van der Waals surface area (Å²) >= 11 is 0. The molecule has 6 heteroatoms. The van der Waals surface area contributed by atoms with Crippen LogP contribution in [0.25, 0.3) is 0 Å². The summed E-state index contributed by atoms with van der Waals surface area (Å²) in [4.78, 5) is 0. The Hall–Kier alpha value is -1.82. The van der Waals surface area contributed by atoms with Crippen molar-refractivity contribution in [2.24, 2.45) is 7.05 Å². The molecule has 0 unspecified atom stereocenters. The smallest absolute Gasteiger partial charge is 0.222 e. The molecule has 0 amide bonds. The Morgan fingerprint density at radius 3 is 2.83 bits per heavy atom. The lowest BCUT2D eigenvalue weighted by Crippen LogP contribution is -2.07. The molecule has 0 radical (unpaired) electrons. The van der Waals surface area contributed by atoms with Gasteiger partial charge in [0.25, 0.3) is 0 Å². The highest BCUT2D eigenvalue weighted by atomic mass is 16.5. The Morgan fingerprint density at radius 1 is 1.44 bits per heavy atom.